The molecule has 1 amide bonds. The molecule has 1 fully saturated rings. The predicted molar refractivity (Wildman–Crippen MR) is 76.3 cm³/mol. The summed E-state index contributed by atoms with van der Waals surface area (Å²) < 4.78 is 13.7. The summed E-state index contributed by atoms with van der Waals surface area (Å²) >= 11 is 1.29. The minimum atomic E-state index is -0.317. The van der Waals surface area contributed by atoms with Crippen LogP contribution in [0.3, 0.4) is 0 Å². The first-order chi connectivity index (χ1) is 9.75. The second kappa shape index (κ2) is 5.68. The third-order valence-corrected chi connectivity index (χ3v) is 4.11. The molecule has 0 radical (unpaired) electrons. The van der Waals surface area contributed by atoms with E-state index in [1.165, 1.54) is 17.4 Å². The van der Waals surface area contributed by atoms with Gasteiger partial charge < -0.3 is 10.2 Å². The summed E-state index contributed by atoms with van der Waals surface area (Å²) in [6, 6.07) is 6.47. The highest BCUT2D eigenvalue weighted by molar-refractivity contribution is 7.13. The average Bonchev–Trinajstić information content (AvgIpc) is 2.97. The van der Waals surface area contributed by atoms with E-state index in [2.05, 4.69) is 10.3 Å². The predicted octanol–water partition coefficient (Wildman–Crippen LogP) is 1.99. The van der Waals surface area contributed by atoms with Gasteiger partial charge in [0.1, 0.15) is 16.5 Å². The van der Waals surface area contributed by atoms with Gasteiger partial charge in [-0.2, -0.15) is 0 Å². The summed E-state index contributed by atoms with van der Waals surface area (Å²) in [4.78, 5) is 18.3. The molecule has 2 aromatic rings. The number of piperazine rings is 1. The lowest BCUT2D eigenvalue weighted by Gasteiger charge is -2.26. The van der Waals surface area contributed by atoms with Gasteiger partial charge in [0.05, 0.1) is 0 Å². The average molecular weight is 291 g/mol. The van der Waals surface area contributed by atoms with Crippen LogP contribution in [-0.2, 0) is 0 Å². The van der Waals surface area contributed by atoms with Crippen molar-refractivity contribution in [2.24, 2.45) is 0 Å². The zero-order valence-corrected chi connectivity index (χ0v) is 11.6. The molecule has 104 valence electrons. The maximum Gasteiger partial charge on any atom is 0.273 e. The highest BCUT2D eigenvalue weighted by atomic mass is 32.1. The second-order valence-electron chi connectivity index (χ2n) is 4.56. The van der Waals surface area contributed by atoms with Crippen LogP contribution in [0.5, 0.6) is 0 Å². The van der Waals surface area contributed by atoms with Gasteiger partial charge in [-0.05, 0) is 12.1 Å². The van der Waals surface area contributed by atoms with E-state index in [0.717, 1.165) is 13.1 Å². The molecule has 0 bridgehead atoms. The van der Waals surface area contributed by atoms with Crippen LogP contribution in [0.1, 0.15) is 10.5 Å². The summed E-state index contributed by atoms with van der Waals surface area (Å²) in [5, 5.41) is 5.44. The standard InChI is InChI=1S/C14H14FN3OS/c15-11-4-2-1-3-10(11)13-17-12(9-20-13)14(19)18-7-5-16-6-8-18/h1-4,9,16H,5-8H2. The maximum atomic E-state index is 13.7. The Bertz CT molecular complexity index is 622. The number of hydrogen-bond acceptors (Lipinski definition) is 4. The van der Waals surface area contributed by atoms with Crippen LogP contribution in [0.4, 0.5) is 4.39 Å². The molecule has 6 heteroatoms. The van der Waals surface area contributed by atoms with Gasteiger partial charge in [0.15, 0.2) is 0 Å². The Morgan fingerprint density at radius 2 is 2.05 bits per heavy atom. The molecule has 0 saturated carbocycles. The van der Waals surface area contributed by atoms with E-state index < -0.39 is 0 Å². The van der Waals surface area contributed by atoms with E-state index in [9.17, 15) is 9.18 Å². The van der Waals surface area contributed by atoms with Gasteiger partial charge in [-0.15, -0.1) is 11.3 Å². The van der Waals surface area contributed by atoms with Crippen LogP contribution < -0.4 is 5.32 Å². The molecule has 1 saturated heterocycles. The van der Waals surface area contributed by atoms with Crippen molar-refractivity contribution < 1.29 is 9.18 Å². The monoisotopic (exact) mass is 291 g/mol. The largest absolute Gasteiger partial charge is 0.335 e. The molecule has 1 aliphatic rings. The molecule has 1 aromatic carbocycles. The van der Waals surface area contributed by atoms with Crippen LogP contribution in [-0.4, -0.2) is 42.0 Å². The number of halogens is 1. The summed E-state index contributed by atoms with van der Waals surface area (Å²) in [6.07, 6.45) is 0. The topological polar surface area (TPSA) is 45.2 Å². The Morgan fingerprint density at radius 1 is 1.30 bits per heavy atom. The minimum absolute atomic E-state index is 0.0784. The third-order valence-electron chi connectivity index (χ3n) is 3.23. The van der Waals surface area contributed by atoms with E-state index >= 15 is 0 Å². The third kappa shape index (κ3) is 2.57. The number of benzene rings is 1. The van der Waals surface area contributed by atoms with Gasteiger partial charge in [-0.1, -0.05) is 12.1 Å². The molecule has 0 spiro atoms. The van der Waals surface area contributed by atoms with E-state index in [1.54, 1.807) is 28.5 Å². The van der Waals surface area contributed by atoms with Crippen molar-refractivity contribution in [1.29, 1.82) is 0 Å². The fourth-order valence-electron chi connectivity index (χ4n) is 2.16. The first-order valence-electron chi connectivity index (χ1n) is 6.46. The molecule has 3 rings (SSSR count). The van der Waals surface area contributed by atoms with Crippen molar-refractivity contribution in [3.63, 3.8) is 0 Å². The zero-order valence-electron chi connectivity index (χ0n) is 10.8. The van der Waals surface area contributed by atoms with Crippen molar-refractivity contribution in [2.45, 2.75) is 0 Å². The van der Waals surface area contributed by atoms with Gasteiger partial charge >= 0.3 is 0 Å². The number of carbonyl (C=O) groups excluding carboxylic acids is 1. The van der Waals surface area contributed by atoms with Gasteiger partial charge in [0.25, 0.3) is 5.91 Å². The van der Waals surface area contributed by atoms with E-state index in [1.807, 2.05) is 0 Å². The molecule has 2 heterocycles. The molecule has 4 nitrogen and oxygen atoms in total. The summed E-state index contributed by atoms with van der Waals surface area (Å²) in [5.74, 6) is -0.395. The van der Waals surface area contributed by atoms with Crippen LogP contribution >= 0.6 is 11.3 Å². The molecule has 0 atom stereocenters. The van der Waals surface area contributed by atoms with Crippen LogP contribution in [0.2, 0.25) is 0 Å². The number of carbonyl (C=O) groups is 1. The van der Waals surface area contributed by atoms with Crippen LogP contribution in [0.25, 0.3) is 10.6 Å². The van der Waals surface area contributed by atoms with Gasteiger partial charge in [-0.3, -0.25) is 4.79 Å². The first-order valence-corrected chi connectivity index (χ1v) is 7.34. The van der Waals surface area contributed by atoms with Crippen molar-refractivity contribution in [2.75, 3.05) is 26.2 Å². The number of aromatic nitrogens is 1. The lowest BCUT2D eigenvalue weighted by molar-refractivity contribution is 0.0731. The molecular weight excluding hydrogens is 277 g/mol. The van der Waals surface area contributed by atoms with Gasteiger partial charge in [0, 0.05) is 37.1 Å². The summed E-state index contributed by atoms with van der Waals surface area (Å²) in [6.45, 7) is 2.98. The molecule has 1 aromatic heterocycles. The van der Waals surface area contributed by atoms with Crippen LogP contribution in [0.15, 0.2) is 29.6 Å². The quantitative estimate of drug-likeness (QED) is 0.920. The molecular formula is C14H14FN3OS. The van der Waals surface area contributed by atoms with Crippen molar-refractivity contribution in [3.8, 4) is 10.6 Å². The van der Waals surface area contributed by atoms with Gasteiger partial charge in [-0.25, -0.2) is 9.37 Å². The molecule has 20 heavy (non-hydrogen) atoms. The van der Waals surface area contributed by atoms with E-state index in [-0.39, 0.29) is 11.7 Å². The first kappa shape index (κ1) is 13.2. The van der Waals surface area contributed by atoms with Crippen molar-refractivity contribution in [1.82, 2.24) is 15.2 Å². The Labute approximate surface area is 120 Å². The number of nitrogens with one attached hydrogen (secondary N) is 1. The molecule has 1 aliphatic heterocycles. The van der Waals surface area contributed by atoms with Crippen molar-refractivity contribution in [3.05, 3.63) is 41.2 Å². The lowest BCUT2D eigenvalue weighted by atomic mass is 10.2. The number of rotatable bonds is 2. The Morgan fingerprint density at radius 3 is 2.80 bits per heavy atom. The Kier molecular flexibility index (Phi) is 3.75. The smallest absolute Gasteiger partial charge is 0.273 e. The highest BCUT2D eigenvalue weighted by Gasteiger charge is 2.21. The molecule has 0 unspecified atom stereocenters. The lowest BCUT2D eigenvalue weighted by Crippen LogP contribution is -2.46. The second-order valence-corrected chi connectivity index (χ2v) is 5.42. The number of amides is 1. The fraction of sp³-hybridized carbons (Fsp3) is 0.286. The van der Waals surface area contributed by atoms with E-state index in [4.69, 9.17) is 0 Å². The highest BCUT2D eigenvalue weighted by Crippen LogP contribution is 2.26. The minimum Gasteiger partial charge on any atom is -0.335 e. The van der Waals surface area contributed by atoms with Crippen LogP contribution in [0, 0.1) is 5.82 Å². The summed E-state index contributed by atoms with van der Waals surface area (Å²) in [5.41, 5.74) is 0.840. The molecule has 0 aliphatic carbocycles. The zero-order chi connectivity index (χ0) is 13.9. The van der Waals surface area contributed by atoms with Gasteiger partial charge in [0.2, 0.25) is 0 Å². The number of hydrogen-bond donors (Lipinski definition) is 1. The SMILES string of the molecule is O=C(c1csc(-c2ccccc2F)n1)N1CCNCC1. The summed E-state index contributed by atoms with van der Waals surface area (Å²) in [7, 11) is 0. The normalized spacial score (nSPS) is 15.3. The Balaban J connectivity index is 1.83. The molecule has 1 N–H and O–H groups in total. The Hall–Kier alpha value is -1.79. The fourth-order valence-corrected chi connectivity index (χ4v) is 2.98. The number of thiazole rings is 1. The number of nitrogens with zero attached hydrogens (tertiary/aromatic N) is 2. The van der Waals surface area contributed by atoms with Crippen molar-refractivity contribution >= 4 is 17.2 Å². The maximum absolute atomic E-state index is 13.7. The van der Waals surface area contributed by atoms with E-state index in [0.29, 0.717) is 29.4 Å².